The van der Waals surface area contributed by atoms with Crippen LogP contribution in [0.2, 0.25) is 0 Å². The molecule has 0 unspecified atom stereocenters. The largest absolute Gasteiger partial charge is 0.496 e. The molecule has 1 amide bonds. The highest BCUT2D eigenvalue weighted by atomic mass is 32.1. The first-order valence-electron chi connectivity index (χ1n) is 8.49. The number of ether oxygens (including phenoxy) is 1. The van der Waals surface area contributed by atoms with Crippen LogP contribution in [0.15, 0.2) is 24.5 Å². The van der Waals surface area contributed by atoms with Crippen LogP contribution in [0.1, 0.15) is 21.6 Å². The molecule has 2 aromatic heterocycles. The van der Waals surface area contributed by atoms with Crippen LogP contribution in [0.4, 0.5) is 5.82 Å². The fraction of sp³-hybridized carbons (Fsp3) is 0.316. The van der Waals surface area contributed by atoms with Gasteiger partial charge >= 0.3 is 0 Å². The van der Waals surface area contributed by atoms with E-state index in [4.69, 9.17) is 10.5 Å². The first-order chi connectivity index (χ1) is 12.6. The van der Waals surface area contributed by atoms with Crippen molar-refractivity contribution >= 4 is 33.3 Å². The third-order valence-electron chi connectivity index (χ3n) is 4.80. The van der Waals surface area contributed by atoms with Crippen LogP contribution in [0.5, 0.6) is 5.75 Å². The summed E-state index contributed by atoms with van der Waals surface area (Å²) in [5, 5.41) is 0.958. The predicted octanol–water partition coefficient (Wildman–Crippen LogP) is 2.72. The molecule has 0 aliphatic carbocycles. The third kappa shape index (κ3) is 2.88. The van der Waals surface area contributed by atoms with E-state index in [2.05, 4.69) is 9.97 Å². The average Bonchev–Trinajstić information content (AvgIpc) is 3.00. The molecule has 7 heteroatoms. The Labute approximate surface area is 155 Å². The molecule has 0 spiro atoms. The number of nitrogens with two attached hydrogens (primary N) is 1. The summed E-state index contributed by atoms with van der Waals surface area (Å²) in [4.78, 5) is 25.3. The topological polar surface area (TPSA) is 81.3 Å². The second-order valence-electron chi connectivity index (χ2n) is 6.50. The highest BCUT2D eigenvalue weighted by Gasteiger charge is 2.26. The number of thiophene rings is 1. The molecule has 0 radical (unpaired) electrons. The number of methoxy groups -OCH3 is 1. The van der Waals surface area contributed by atoms with E-state index in [1.54, 1.807) is 18.4 Å². The lowest BCUT2D eigenvalue weighted by atomic mass is 10.0. The van der Waals surface area contributed by atoms with Gasteiger partial charge in [0, 0.05) is 17.0 Å². The van der Waals surface area contributed by atoms with Crippen molar-refractivity contribution in [3.05, 3.63) is 46.1 Å². The first kappa shape index (κ1) is 16.8. The maximum Gasteiger partial charge on any atom is 0.227 e. The molecule has 0 saturated carbocycles. The molecule has 1 aliphatic heterocycles. The van der Waals surface area contributed by atoms with Gasteiger partial charge in [-0.05, 0) is 25.0 Å². The number of carbonyl (C=O) groups excluding carboxylic acids is 1. The van der Waals surface area contributed by atoms with Gasteiger partial charge in [-0.1, -0.05) is 17.7 Å². The summed E-state index contributed by atoms with van der Waals surface area (Å²) >= 11 is 1.60. The van der Waals surface area contributed by atoms with E-state index in [-0.39, 0.29) is 5.91 Å². The molecule has 134 valence electrons. The number of fused-ring (bicyclic) bond motifs is 3. The van der Waals surface area contributed by atoms with Crippen LogP contribution in [0, 0.1) is 6.92 Å². The van der Waals surface area contributed by atoms with Crippen LogP contribution in [0.3, 0.4) is 0 Å². The van der Waals surface area contributed by atoms with Gasteiger partial charge in [-0.15, -0.1) is 11.3 Å². The second kappa shape index (κ2) is 6.57. The lowest BCUT2D eigenvalue weighted by Crippen LogP contribution is -2.36. The van der Waals surface area contributed by atoms with E-state index in [1.807, 2.05) is 30.0 Å². The number of aryl methyl sites for hydroxylation is 1. The third-order valence-corrected chi connectivity index (χ3v) is 5.92. The highest BCUT2D eigenvalue weighted by Crippen LogP contribution is 2.36. The Kier molecular flexibility index (Phi) is 4.24. The van der Waals surface area contributed by atoms with Gasteiger partial charge in [-0.2, -0.15) is 0 Å². The van der Waals surface area contributed by atoms with Gasteiger partial charge in [0.05, 0.1) is 25.5 Å². The van der Waals surface area contributed by atoms with Crippen LogP contribution in [-0.2, 0) is 24.2 Å². The van der Waals surface area contributed by atoms with E-state index in [1.165, 1.54) is 11.9 Å². The zero-order valence-electron chi connectivity index (χ0n) is 14.8. The number of anilines is 1. The van der Waals surface area contributed by atoms with Crippen molar-refractivity contribution in [2.45, 2.75) is 26.3 Å². The number of nitrogens with zero attached hydrogens (tertiary/aromatic N) is 3. The molecule has 0 fully saturated rings. The molecule has 1 aromatic carbocycles. The molecule has 2 N–H and O–H groups in total. The van der Waals surface area contributed by atoms with Gasteiger partial charge in [0.1, 0.15) is 22.7 Å². The van der Waals surface area contributed by atoms with Gasteiger partial charge in [0.15, 0.2) is 0 Å². The Bertz CT molecular complexity index is 999. The fourth-order valence-corrected chi connectivity index (χ4v) is 4.70. The summed E-state index contributed by atoms with van der Waals surface area (Å²) < 4.78 is 5.40. The van der Waals surface area contributed by atoms with E-state index < -0.39 is 0 Å². The molecule has 4 rings (SSSR count). The molecule has 0 bridgehead atoms. The highest BCUT2D eigenvalue weighted by molar-refractivity contribution is 7.19. The molecule has 3 aromatic rings. The van der Waals surface area contributed by atoms with Crippen LogP contribution in [0.25, 0.3) is 10.2 Å². The summed E-state index contributed by atoms with van der Waals surface area (Å²) in [5.41, 5.74) is 9.27. The fourth-order valence-electron chi connectivity index (χ4n) is 3.49. The van der Waals surface area contributed by atoms with Gasteiger partial charge in [0.2, 0.25) is 5.91 Å². The Morgan fingerprint density at radius 2 is 2.23 bits per heavy atom. The standard InChI is InChI=1S/C19H20N4O2S/c1-11-3-4-14(25-2)12(7-11)8-16(24)23-6-5-13-15(9-23)26-19-17(13)18(20)21-10-22-19/h3-4,7,10H,5-6,8-9H2,1-2H3,(H2,20,21,22). The molecule has 0 atom stereocenters. The van der Waals surface area contributed by atoms with E-state index in [9.17, 15) is 4.79 Å². The van der Waals surface area contributed by atoms with E-state index in [0.29, 0.717) is 25.3 Å². The smallest absolute Gasteiger partial charge is 0.227 e. The number of aromatic nitrogens is 2. The van der Waals surface area contributed by atoms with Gasteiger partial charge < -0.3 is 15.4 Å². The van der Waals surface area contributed by atoms with Gasteiger partial charge in [0.25, 0.3) is 0 Å². The number of amides is 1. The molecule has 0 saturated heterocycles. The molecular formula is C19H20N4O2S. The Hall–Kier alpha value is -2.67. The SMILES string of the molecule is COc1ccc(C)cc1CC(=O)N1CCc2c(sc3ncnc(N)c23)C1. The Balaban J connectivity index is 1.57. The summed E-state index contributed by atoms with van der Waals surface area (Å²) in [6.07, 6.45) is 2.61. The molecule has 6 nitrogen and oxygen atoms in total. The quantitative estimate of drug-likeness (QED) is 0.769. The van der Waals surface area contributed by atoms with Crippen molar-refractivity contribution in [1.29, 1.82) is 0 Å². The summed E-state index contributed by atoms with van der Waals surface area (Å²) in [6.45, 7) is 3.30. The zero-order valence-corrected chi connectivity index (χ0v) is 15.6. The van der Waals surface area contributed by atoms with Gasteiger partial charge in [-0.3, -0.25) is 4.79 Å². The number of hydrogen-bond acceptors (Lipinski definition) is 6. The molecule has 3 heterocycles. The maximum atomic E-state index is 12.9. The number of benzene rings is 1. The number of rotatable bonds is 3. The van der Waals surface area contributed by atoms with Crippen LogP contribution in [-0.4, -0.2) is 34.4 Å². The van der Waals surface area contributed by atoms with Crippen molar-refractivity contribution < 1.29 is 9.53 Å². The molecule has 1 aliphatic rings. The lowest BCUT2D eigenvalue weighted by Gasteiger charge is -2.27. The lowest BCUT2D eigenvalue weighted by molar-refractivity contribution is -0.131. The van der Waals surface area contributed by atoms with Crippen molar-refractivity contribution in [1.82, 2.24) is 14.9 Å². The molecule has 26 heavy (non-hydrogen) atoms. The van der Waals surface area contributed by atoms with Crippen LogP contribution < -0.4 is 10.5 Å². The maximum absolute atomic E-state index is 12.9. The Morgan fingerprint density at radius 1 is 1.38 bits per heavy atom. The number of hydrogen-bond donors (Lipinski definition) is 1. The van der Waals surface area contributed by atoms with Crippen molar-refractivity contribution in [2.24, 2.45) is 0 Å². The predicted molar refractivity (Wildman–Crippen MR) is 102 cm³/mol. The zero-order chi connectivity index (χ0) is 18.3. The summed E-state index contributed by atoms with van der Waals surface area (Å²) in [6, 6.07) is 5.92. The molecular weight excluding hydrogens is 348 g/mol. The van der Waals surface area contributed by atoms with Crippen LogP contribution >= 0.6 is 11.3 Å². The average molecular weight is 368 g/mol. The van der Waals surface area contributed by atoms with Crippen molar-refractivity contribution in [3.8, 4) is 5.75 Å². The minimum atomic E-state index is 0.107. The van der Waals surface area contributed by atoms with E-state index in [0.717, 1.165) is 38.4 Å². The Morgan fingerprint density at radius 3 is 3.04 bits per heavy atom. The van der Waals surface area contributed by atoms with Gasteiger partial charge in [-0.25, -0.2) is 9.97 Å². The normalized spacial score (nSPS) is 13.7. The van der Waals surface area contributed by atoms with Crippen molar-refractivity contribution in [2.75, 3.05) is 19.4 Å². The minimum absolute atomic E-state index is 0.107. The van der Waals surface area contributed by atoms with Crippen molar-refractivity contribution in [3.63, 3.8) is 0 Å². The number of nitrogen functional groups attached to an aromatic ring is 1. The number of carbonyl (C=O) groups is 1. The second-order valence-corrected chi connectivity index (χ2v) is 7.58. The van der Waals surface area contributed by atoms with E-state index >= 15 is 0 Å². The monoisotopic (exact) mass is 368 g/mol. The first-order valence-corrected chi connectivity index (χ1v) is 9.30. The summed E-state index contributed by atoms with van der Waals surface area (Å²) in [5.74, 6) is 1.39. The summed E-state index contributed by atoms with van der Waals surface area (Å²) in [7, 11) is 1.63. The minimum Gasteiger partial charge on any atom is -0.496 e.